The van der Waals surface area contributed by atoms with E-state index in [2.05, 4.69) is 33.2 Å². The van der Waals surface area contributed by atoms with Crippen molar-refractivity contribution in [1.29, 1.82) is 0 Å². The van der Waals surface area contributed by atoms with Crippen LogP contribution in [0.25, 0.3) is 0 Å². The molecule has 0 saturated heterocycles. The highest BCUT2D eigenvalue weighted by atomic mass is 79.9. The zero-order chi connectivity index (χ0) is 14.5. The van der Waals surface area contributed by atoms with E-state index in [9.17, 15) is 4.39 Å². The van der Waals surface area contributed by atoms with Gasteiger partial charge < -0.3 is 5.32 Å². The summed E-state index contributed by atoms with van der Waals surface area (Å²) in [5, 5.41) is 4.62. The van der Waals surface area contributed by atoms with Crippen LogP contribution in [0.4, 0.5) is 4.39 Å². The van der Waals surface area contributed by atoms with Crippen molar-refractivity contribution in [2.24, 2.45) is 0 Å². The van der Waals surface area contributed by atoms with Gasteiger partial charge in [-0.3, -0.25) is 0 Å². The van der Waals surface area contributed by atoms with Crippen LogP contribution in [0.3, 0.4) is 0 Å². The summed E-state index contributed by atoms with van der Waals surface area (Å²) in [5.41, 5.74) is 1.10. The number of aromatic nitrogens is 1. The van der Waals surface area contributed by atoms with Crippen molar-refractivity contribution in [3.63, 3.8) is 0 Å². The monoisotopic (exact) mass is 356 g/mol. The molecule has 20 heavy (non-hydrogen) atoms. The SMILES string of the molecule is CCCNC(Cc1ccc(F)cc1Br)c1cnc(C)s1. The predicted octanol–water partition coefficient (Wildman–Crippen LogP) is 4.64. The fourth-order valence-corrected chi connectivity index (χ4v) is 3.41. The third-order valence-corrected chi connectivity index (χ3v) is 4.83. The lowest BCUT2D eigenvalue weighted by molar-refractivity contribution is 0.534. The lowest BCUT2D eigenvalue weighted by atomic mass is 10.0. The summed E-state index contributed by atoms with van der Waals surface area (Å²) in [6.45, 7) is 5.12. The molecule has 108 valence electrons. The Kier molecular flexibility index (Phi) is 5.69. The van der Waals surface area contributed by atoms with E-state index in [1.54, 1.807) is 11.3 Å². The molecule has 2 aromatic rings. The standard InChI is InChI=1S/C15H18BrFN2S/c1-3-6-18-14(15-9-19-10(2)20-15)7-11-4-5-12(17)8-13(11)16/h4-5,8-9,14,18H,3,6-7H2,1-2H3. The molecule has 0 aliphatic rings. The first-order chi connectivity index (χ1) is 9.60. The molecule has 0 fully saturated rings. The van der Waals surface area contributed by atoms with Crippen LogP contribution in [-0.4, -0.2) is 11.5 Å². The predicted molar refractivity (Wildman–Crippen MR) is 85.7 cm³/mol. The summed E-state index contributed by atoms with van der Waals surface area (Å²) < 4.78 is 14.0. The number of thiazole rings is 1. The molecule has 5 heteroatoms. The van der Waals surface area contributed by atoms with Gasteiger partial charge >= 0.3 is 0 Å². The first kappa shape index (κ1) is 15.6. The molecule has 0 aliphatic carbocycles. The maximum Gasteiger partial charge on any atom is 0.124 e. The Morgan fingerprint density at radius 3 is 2.85 bits per heavy atom. The van der Waals surface area contributed by atoms with E-state index in [0.717, 1.165) is 34.4 Å². The van der Waals surface area contributed by atoms with Crippen molar-refractivity contribution in [2.75, 3.05) is 6.54 Å². The van der Waals surface area contributed by atoms with E-state index in [1.807, 2.05) is 19.2 Å². The third kappa shape index (κ3) is 4.11. The van der Waals surface area contributed by atoms with E-state index in [0.29, 0.717) is 0 Å². The van der Waals surface area contributed by atoms with Crippen LogP contribution in [0.1, 0.15) is 34.8 Å². The number of halogens is 2. The Morgan fingerprint density at radius 1 is 1.45 bits per heavy atom. The summed E-state index contributed by atoms with van der Waals surface area (Å²) in [7, 11) is 0. The summed E-state index contributed by atoms with van der Waals surface area (Å²) in [5.74, 6) is -0.215. The molecule has 0 radical (unpaired) electrons. The van der Waals surface area contributed by atoms with Gasteiger partial charge in [-0.15, -0.1) is 11.3 Å². The normalized spacial score (nSPS) is 12.6. The molecule has 1 aromatic carbocycles. The van der Waals surface area contributed by atoms with Crippen molar-refractivity contribution in [2.45, 2.75) is 32.7 Å². The molecule has 2 nitrogen and oxygen atoms in total. The van der Waals surface area contributed by atoms with Crippen LogP contribution >= 0.6 is 27.3 Å². The van der Waals surface area contributed by atoms with Crippen LogP contribution in [0.15, 0.2) is 28.9 Å². The van der Waals surface area contributed by atoms with Crippen molar-refractivity contribution in [3.05, 3.63) is 50.1 Å². The largest absolute Gasteiger partial charge is 0.309 e. The van der Waals surface area contributed by atoms with E-state index in [4.69, 9.17) is 0 Å². The van der Waals surface area contributed by atoms with Gasteiger partial charge in [0.2, 0.25) is 0 Å². The molecule has 1 heterocycles. The van der Waals surface area contributed by atoms with Gasteiger partial charge in [0.15, 0.2) is 0 Å². The summed E-state index contributed by atoms with van der Waals surface area (Å²) >= 11 is 5.15. The first-order valence-electron chi connectivity index (χ1n) is 6.69. The van der Waals surface area contributed by atoms with Crippen molar-refractivity contribution >= 4 is 27.3 Å². The van der Waals surface area contributed by atoms with Gasteiger partial charge in [-0.1, -0.05) is 28.9 Å². The maximum atomic E-state index is 13.2. The number of nitrogens with zero attached hydrogens (tertiary/aromatic N) is 1. The topological polar surface area (TPSA) is 24.9 Å². The Labute approximate surface area is 131 Å². The Bertz CT molecular complexity index is 571. The van der Waals surface area contributed by atoms with Crippen LogP contribution in [-0.2, 0) is 6.42 Å². The average Bonchev–Trinajstić information content (AvgIpc) is 2.83. The molecule has 0 amide bonds. The highest BCUT2D eigenvalue weighted by Gasteiger charge is 2.16. The maximum absolute atomic E-state index is 13.2. The number of hydrogen-bond acceptors (Lipinski definition) is 3. The molecule has 0 aliphatic heterocycles. The molecule has 0 saturated carbocycles. The van der Waals surface area contributed by atoms with Gasteiger partial charge in [-0.05, 0) is 44.0 Å². The van der Waals surface area contributed by atoms with Crippen LogP contribution in [0, 0.1) is 12.7 Å². The van der Waals surface area contributed by atoms with E-state index in [-0.39, 0.29) is 11.9 Å². The molecular formula is C15H18BrFN2S. The minimum Gasteiger partial charge on any atom is -0.309 e. The zero-order valence-corrected chi connectivity index (χ0v) is 14.0. The Balaban J connectivity index is 2.18. The third-order valence-electron chi connectivity index (χ3n) is 3.06. The minimum atomic E-state index is -0.215. The van der Waals surface area contributed by atoms with Gasteiger partial charge in [-0.25, -0.2) is 9.37 Å². The van der Waals surface area contributed by atoms with Gasteiger partial charge in [-0.2, -0.15) is 0 Å². The second-order valence-electron chi connectivity index (χ2n) is 4.73. The van der Waals surface area contributed by atoms with Crippen LogP contribution < -0.4 is 5.32 Å². The van der Waals surface area contributed by atoms with Gasteiger partial charge in [0.25, 0.3) is 0 Å². The van der Waals surface area contributed by atoms with Crippen molar-refractivity contribution in [1.82, 2.24) is 10.3 Å². The summed E-state index contributed by atoms with van der Waals surface area (Å²) in [4.78, 5) is 5.56. The van der Waals surface area contributed by atoms with E-state index < -0.39 is 0 Å². The van der Waals surface area contributed by atoms with Gasteiger partial charge in [0.05, 0.1) is 5.01 Å². The van der Waals surface area contributed by atoms with Crippen molar-refractivity contribution < 1.29 is 4.39 Å². The molecule has 2 rings (SSSR count). The first-order valence-corrected chi connectivity index (χ1v) is 8.30. The average molecular weight is 357 g/mol. The van der Waals surface area contributed by atoms with E-state index in [1.165, 1.54) is 17.0 Å². The smallest absolute Gasteiger partial charge is 0.124 e. The number of aryl methyl sites for hydroxylation is 1. The van der Waals surface area contributed by atoms with Gasteiger partial charge in [0, 0.05) is 21.6 Å². The number of rotatable bonds is 6. The molecule has 1 aromatic heterocycles. The molecule has 0 spiro atoms. The van der Waals surface area contributed by atoms with Crippen molar-refractivity contribution in [3.8, 4) is 0 Å². The van der Waals surface area contributed by atoms with Crippen LogP contribution in [0.5, 0.6) is 0 Å². The second kappa shape index (κ2) is 7.29. The quantitative estimate of drug-likeness (QED) is 0.815. The molecule has 1 atom stereocenters. The van der Waals surface area contributed by atoms with Gasteiger partial charge in [0.1, 0.15) is 5.82 Å². The molecule has 1 N–H and O–H groups in total. The lowest BCUT2D eigenvalue weighted by Crippen LogP contribution is -2.23. The Morgan fingerprint density at radius 2 is 2.25 bits per heavy atom. The Hall–Kier alpha value is -0.780. The minimum absolute atomic E-state index is 0.215. The number of nitrogens with one attached hydrogen (secondary N) is 1. The highest BCUT2D eigenvalue weighted by molar-refractivity contribution is 9.10. The molecular weight excluding hydrogens is 339 g/mol. The summed E-state index contributed by atoms with van der Waals surface area (Å²) in [6, 6.07) is 5.09. The summed E-state index contributed by atoms with van der Waals surface area (Å²) in [6.07, 6.45) is 3.84. The second-order valence-corrected chi connectivity index (χ2v) is 6.85. The molecule has 1 unspecified atom stereocenters. The highest BCUT2D eigenvalue weighted by Crippen LogP contribution is 2.27. The molecule has 0 bridgehead atoms. The lowest BCUT2D eigenvalue weighted by Gasteiger charge is -2.17. The fraction of sp³-hybridized carbons (Fsp3) is 0.400. The zero-order valence-electron chi connectivity index (χ0n) is 11.6. The van der Waals surface area contributed by atoms with E-state index >= 15 is 0 Å². The fourth-order valence-electron chi connectivity index (χ4n) is 2.04. The number of hydrogen-bond donors (Lipinski definition) is 1. The number of benzene rings is 1. The van der Waals surface area contributed by atoms with Crippen LogP contribution in [0.2, 0.25) is 0 Å².